The van der Waals surface area contributed by atoms with Crippen LogP contribution in [0.25, 0.3) is 0 Å². The standard InChI is InChI=1S/C21H36O4/c1-14(2)7-18(6,17(3,4)5)16(22)25-21-10-15-8-19(23,12-21)11-20(24,9-15)13-21/h7,15-16,22-24H,8-13H2,1-6H3. The number of rotatable bonds is 4. The van der Waals surface area contributed by atoms with E-state index < -0.39 is 28.5 Å². The molecule has 4 bridgehead atoms. The number of allylic oxidation sites excluding steroid dienone is 1. The second-order valence-electron chi connectivity index (χ2n) is 10.9. The van der Waals surface area contributed by atoms with Crippen molar-refractivity contribution in [1.82, 2.24) is 0 Å². The van der Waals surface area contributed by atoms with Gasteiger partial charge in [0.1, 0.15) is 0 Å². The monoisotopic (exact) mass is 352 g/mol. The van der Waals surface area contributed by atoms with E-state index in [1.165, 1.54) is 0 Å². The van der Waals surface area contributed by atoms with E-state index in [2.05, 4.69) is 26.8 Å². The average Bonchev–Trinajstić information content (AvgIpc) is 2.30. The molecule has 4 heteroatoms. The fraction of sp³-hybridized carbons (Fsp3) is 0.905. The van der Waals surface area contributed by atoms with Crippen molar-refractivity contribution < 1.29 is 20.1 Å². The van der Waals surface area contributed by atoms with Crippen LogP contribution in [-0.4, -0.2) is 38.4 Å². The van der Waals surface area contributed by atoms with Gasteiger partial charge in [-0.15, -0.1) is 0 Å². The molecule has 4 atom stereocenters. The van der Waals surface area contributed by atoms with Gasteiger partial charge in [-0.2, -0.15) is 0 Å². The zero-order chi connectivity index (χ0) is 18.9. The van der Waals surface area contributed by atoms with E-state index in [1.54, 1.807) is 0 Å². The highest BCUT2D eigenvalue weighted by Crippen LogP contribution is 2.61. The molecule has 3 N–H and O–H groups in total. The summed E-state index contributed by atoms with van der Waals surface area (Å²) in [5.74, 6) is 0.280. The van der Waals surface area contributed by atoms with Crippen LogP contribution in [-0.2, 0) is 4.74 Å². The summed E-state index contributed by atoms with van der Waals surface area (Å²) in [5, 5.41) is 33.0. The Morgan fingerprint density at radius 1 is 1.00 bits per heavy atom. The van der Waals surface area contributed by atoms with Crippen molar-refractivity contribution >= 4 is 0 Å². The highest BCUT2D eigenvalue weighted by molar-refractivity contribution is 5.17. The summed E-state index contributed by atoms with van der Waals surface area (Å²) in [5.41, 5.74) is -1.92. The molecule has 0 saturated heterocycles. The van der Waals surface area contributed by atoms with E-state index in [-0.39, 0.29) is 11.3 Å². The van der Waals surface area contributed by atoms with Gasteiger partial charge in [-0.3, -0.25) is 0 Å². The summed E-state index contributed by atoms with van der Waals surface area (Å²) in [6.07, 6.45) is 4.93. The van der Waals surface area contributed by atoms with Crippen molar-refractivity contribution in [2.24, 2.45) is 16.7 Å². The summed E-state index contributed by atoms with van der Waals surface area (Å²) in [6.45, 7) is 12.4. The third-order valence-corrected chi connectivity index (χ3v) is 7.04. The maximum absolute atomic E-state index is 11.2. The van der Waals surface area contributed by atoms with Crippen molar-refractivity contribution in [3.8, 4) is 0 Å². The molecule has 144 valence electrons. The Morgan fingerprint density at radius 3 is 1.92 bits per heavy atom. The van der Waals surface area contributed by atoms with Gasteiger partial charge in [0.2, 0.25) is 0 Å². The molecule has 4 saturated carbocycles. The zero-order valence-corrected chi connectivity index (χ0v) is 16.7. The van der Waals surface area contributed by atoms with Gasteiger partial charge >= 0.3 is 0 Å². The molecule has 4 aliphatic rings. The number of ether oxygens (including phenoxy) is 1. The second kappa shape index (κ2) is 5.54. The number of aliphatic hydroxyl groups is 3. The van der Waals surface area contributed by atoms with Crippen LogP contribution < -0.4 is 0 Å². The van der Waals surface area contributed by atoms with Crippen LogP contribution in [0.2, 0.25) is 0 Å². The van der Waals surface area contributed by atoms with Crippen LogP contribution in [0.5, 0.6) is 0 Å². The molecular weight excluding hydrogens is 316 g/mol. The van der Waals surface area contributed by atoms with Crippen LogP contribution in [0.1, 0.15) is 80.1 Å². The predicted molar refractivity (Wildman–Crippen MR) is 97.9 cm³/mol. The first kappa shape index (κ1) is 19.3. The van der Waals surface area contributed by atoms with E-state index in [4.69, 9.17) is 4.74 Å². The molecule has 25 heavy (non-hydrogen) atoms. The molecule has 0 aromatic carbocycles. The van der Waals surface area contributed by atoms with Gasteiger partial charge in [-0.1, -0.05) is 39.3 Å². The van der Waals surface area contributed by atoms with Gasteiger partial charge in [0.15, 0.2) is 6.29 Å². The number of hydrogen-bond acceptors (Lipinski definition) is 4. The SMILES string of the molecule is CC(C)=CC(C)(C(O)OC12CC3CC(O)(CC(O)(C3)C1)C2)C(C)(C)C. The van der Waals surface area contributed by atoms with Gasteiger partial charge in [0.05, 0.1) is 16.8 Å². The van der Waals surface area contributed by atoms with Crippen LogP contribution in [0.3, 0.4) is 0 Å². The predicted octanol–water partition coefficient (Wildman–Crippen LogP) is 3.54. The van der Waals surface area contributed by atoms with Crippen LogP contribution in [0.4, 0.5) is 0 Å². The maximum Gasteiger partial charge on any atom is 0.164 e. The van der Waals surface area contributed by atoms with Crippen molar-refractivity contribution in [3.05, 3.63) is 11.6 Å². The van der Waals surface area contributed by atoms with Crippen LogP contribution in [0, 0.1) is 16.7 Å². The summed E-state index contributed by atoms with van der Waals surface area (Å²) >= 11 is 0. The lowest BCUT2D eigenvalue weighted by molar-refractivity contribution is -0.320. The Hall–Kier alpha value is -0.420. The number of aliphatic hydroxyl groups excluding tert-OH is 1. The first-order valence-corrected chi connectivity index (χ1v) is 9.67. The Morgan fingerprint density at radius 2 is 1.52 bits per heavy atom. The molecule has 4 nitrogen and oxygen atoms in total. The van der Waals surface area contributed by atoms with Crippen molar-refractivity contribution in [2.45, 2.75) is 103 Å². The molecule has 0 heterocycles. The largest absolute Gasteiger partial charge is 0.390 e. The van der Waals surface area contributed by atoms with E-state index in [1.807, 2.05) is 20.8 Å². The highest BCUT2D eigenvalue weighted by atomic mass is 16.6. The fourth-order valence-electron chi connectivity index (χ4n) is 6.00. The zero-order valence-electron chi connectivity index (χ0n) is 16.7. The minimum absolute atomic E-state index is 0.195. The highest BCUT2D eigenvalue weighted by Gasteiger charge is 2.64. The minimum Gasteiger partial charge on any atom is -0.390 e. The molecule has 0 amide bonds. The second-order valence-corrected chi connectivity index (χ2v) is 10.9. The van der Waals surface area contributed by atoms with Gasteiger partial charge in [-0.05, 0) is 44.4 Å². The Labute approximate surface area is 152 Å². The topological polar surface area (TPSA) is 69.9 Å². The van der Waals surface area contributed by atoms with Gasteiger partial charge in [-0.25, -0.2) is 0 Å². The lowest BCUT2D eigenvalue weighted by Gasteiger charge is -2.63. The minimum atomic E-state index is -0.981. The number of hydrogen-bond donors (Lipinski definition) is 3. The quantitative estimate of drug-likeness (QED) is 0.535. The molecule has 4 unspecified atom stereocenters. The fourth-order valence-corrected chi connectivity index (χ4v) is 6.00. The van der Waals surface area contributed by atoms with Crippen molar-refractivity contribution in [3.63, 3.8) is 0 Å². The van der Waals surface area contributed by atoms with Gasteiger partial charge in [0.25, 0.3) is 0 Å². The molecule has 4 fully saturated rings. The van der Waals surface area contributed by atoms with Crippen LogP contribution in [0.15, 0.2) is 11.6 Å². The summed E-state index contributed by atoms with van der Waals surface area (Å²) in [6, 6.07) is 0. The summed E-state index contributed by atoms with van der Waals surface area (Å²) < 4.78 is 6.36. The van der Waals surface area contributed by atoms with E-state index in [0.29, 0.717) is 19.3 Å². The lowest BCUT2D eigenvalue weighted by atomic mass is 9.50. The molecular formula is C21H36O4. The average molecular weight is 353 g/mol. The van der Waals surface area contributed by atoms with Crippen molar-refractivity contribution in [1.29, 1.82) is 0 Å². The molecule has 0 aromatic heterocycles. The van der Waals surface area contributed by atoms with Gasteiger partial charge in [0, 0.05) is 24.7 Å². The smallest absolute Gasteiger partial charge is 0.164 e. The molecule has 0 radical (unpaired) electrons. The molecule has 0 aliphatic heterocycles. The normalized spacial score (nSPS) is 43.6. The molecule has 0 aromatic rings. The molecule has 0 spiro atoms. The third kappa shape index (κ3) is 3.31. The molecule has 4 aliphatic carbocycles. The molecule has 4 rings (SSSR count). The van der Waals surface area contributed by atoms with Crippen molar-refractivity contribution in [2.75, 3.05) is 0 Å². The summed E-state index contributed by atoms with van der Waals surface area (Å²) in [4.78, 5) is 0. The van der Waals surface area contributed by atoms with Gasteiger partial charge < -0.3 is 20.1 Å². The lowest BCUT2D eigenvalue weighted by Crippen LogP contribution is -2.67. The Balaban J connectivity index is 1.89. The van der Waals surface area contributed by atoms with E-state index in [0.717, 1.165) is 24.8 Å². The van der Waals surface area contributed by atoms with Crippen LogP contribution >= 0.6 is 0 Å². The van der Waals surface area contributed by atoms with E-state index in [9.17, 15) is 15.3 Å². The Kier molecular flexibility index (Phi) is 4.29. The van der Waals surface area contributed by atoms with E-state index >= 15 is 0 Å². The maximum atomic E-state index is 11.2. The first-order chi connectivity index (χ1) is 11.2. The first-order valence-electron chi connectivity index (χ1n) is 9.67. The third-order valence-electron chi connectivity index (χ3n) is 7.04. The Bertz CT molecular complexity index is 553. The summed E-state index contributed by atoms with van der Waals surface area (Å²) in [7, 11) is 0.